The summed E-state index contributed by atoms with van der Waals surface area (Å²) in [5.74, 6) is 7.14. The van der Waals surface area contributed by atoms with Gasteiger partial charge in [-0.3, -0.25) is 28.8 Å². The molecule has 0 aromatic heterocycles. The molecule has 0 amide bonds. The van der Waals surface area contributed by atoms with Gasteiger partial charge in [-0.1, -0.05) is 446 Å². The maximum atomic E-state index is 10.8. The first-order valence-electron chi connectivity index (χ1n) is 54.3. The zero-order valence-corrected chi connectivity index (χ0v) is 81.2. The van der Waals surface area contributed by atoms with Gasteiger partial charge in [-0.05, 0) is 174 Å². The van der Waals surface area contributed by atoms with Crippen molar-refractivity contribution in [1.29, 1.82) is 0 Å². The van der Waals surface area contributed by atoms with Gasteiger partial charge in [0.05, 0.1) is 0 Å². The summed E-state index contributed by atoms with van der Waals surface area (Å²) in [6.45, 7) is 13.9. The van der Waals surface area contributed by atoms with E-state index in [-0.39, 0.29) is 0 Å². The molecule has 12 nitrogen and oxygen atoms in total. The highest BCUT2D eigenvalue weighted by atomic mass is 16.4. The Morgan fingerprint density at radius 1 is 0.182 bits per heavy atom. The standard InChI is InChI=1S/C37H72O4.C36H66O4.C36H68O4/c1-3-5-7-9-11-17-23-29-35(31-25-19-13-15-21-27-33-37(40)41)34(28-22-16-10-8-6-4-2)30-24-18-12-14-20-26-32-36(38)39;1-3-5-13-19-29-25-27-34-32(22-16-10-8-12-18-24-36(39)40)30(20-15-9-7-11-17-23-35(37)38)26-28-33(34)31(29)21-14-6-4-2;1-3-5-7-12-19-25-33-31(23-17-6-4-2)29-30-32(24-18-13-8-10-15-21-27-35(37)38)34(33)26-20-14-9-11-16-22-28-36(39)40/h34-35H,3-33H2,1-2H3,(H,38,39)(H,40,41);29-34H,3-28H2,1-2H3,(H,37,38)(H,39,40);31-34H,3-30H2,1-2H3,(H,37,38)(H,39,40). The molecule has 3 rings (SSSR count). The molecule has 0 heterocycles. The molecule has 3 aliphatic carbocycles. The van der Waals surface area contributed by atoms with Gasteiger partial charge in [0.25, 0.3) is 0 Å². The molecule has 0 saturated heterocycles. The van der Waals surface area contributed by atoms with Crippen LogP contribution < -0.4 is 0 Å². The zero-order chi connectivity index (χ0) is 88.5. The summed E-state index contributed by atoms with van der Waals surface area (Å²) in [5.41, 5.74) is 0. The van der Waals surface area contributed by atoms with Gasteiger partial charge in [-0.25, -0.2) is 0 Å². The molecule has 12 atom stereocenters. The topological polar surface area (TPSA) is 224 Å². The predicted octanol–water partition coefficient (Wildman–Crippen LogP) is 35.2. The van der Waals surface area contributed by atoms with E-state index in [4.69, 9.17) is 30.6 Å². The van der Waals surface area contributed by atoms with Crippen molar-refractivity contribution in [3.05, 3.63) is 0 Å². The first kappa shape index (κ1) is 116. The largest absolute Gasteiger partial charge is 0.481 e. The Morgan fingerprint density at radius 3 is 0.554 bits per heavy atom. The minimum absolute atomic E-state index is 0.322. The van der Waals surface area contributed by atoms with Gasteiger partial charge in [-0.15, -0.1) is 0 Å². The molecule has 12 unspecified atom stereocenters. The number of carbonyl (C=O) groups is 6. The number of hydrogen-bond donors (Lipinski definition) is 6. The van der Waals surface area contributed by atoms with Crippen LogP contribution in [0.5, 0.6) is 0 Å². The van der Waals surface area contributed by atoms with Crippen LogP contribution in [0.15, 0.2) is 0 Å². The molecule has 0 bridgehead atoms. The average Bonchev–Trinajstić information content (AvgIpc) is 0.785. The van der Waals surface area contributed by atoms with Crippen molar-refractivity contribution in [2.24, 2.45) is 71.0 Å². The summed E-state index contributed by atoms with van der Waals surface area (Å²) in [4.78, 5) is 64.6. The minimum Gasteiger partial charge on any atom is -0.481 e. The van der Waals surface area contributed by atoms with E-state index in [0.29, 0.717) is 38.5 Å². The van der Waals surface area contributed by atoms with Crippen LogP contribution in [-0.2, 0) is 28.8 Å². The molecule has 0 aliphatic heterocycles. The fraction of sp³-hybridized carbons (Fsp3) is 0.945. The number of carboxylic acids is 6. The third kappa shape index (κ3) is 67.7. The van der Waals surface area contributed by atoms with Crippen molar-refractivity contribution in [2.45, 2.75) is 587 Å². The van der Waals surface area contributed by atoms with E-state index in [1.165, 1.54) is 430 Å². The van der Waals surface area contributed by atoms with Crippen molar-refractivity contribution >= 4 is 35.8 Å². The molecule has 6 N–H and O–H groups in total. The Morgan fingerprint density at radius 2 is 0.331 bits per heavy atom. The number of fused-ring (bicyclic) bond motifs is 1. The average molecular weight is 1710 g/mol. The van der Waals surface area contributed by atoms with E-state index in [9.17, 15) is 28.8 Å². The van der Waals surface area contributed by atoms with Gasteiger partial charge in [0.2, 0.25) is 0 Å². The lowest BCUT2D eigenvalue weighted by Gasteiger charge is -2.52. The zero-order valence-electron chi connectivity index (χ0n) is 81.2. The number of carboxylic acid groups (broad SMARTS) is 6. The molecule has 0 aromatic carbocycles. The summed E-state index contributed by atoms with van der Waals surface area (Å²) < 4.78 is 0. The van der Waals surface area contributed by atoms with Crippen LogP contribution in [0.3, 0.4) is 0 Å². The van der Waals surface area contributed by atoms with Crippen molar-refractivity contribution in [2.75, 3.05) is 0 Å². The lowest BCUT2D eigenvalue weighted by atomic mass is 9.53. The fourth-order valence-corrected chi connectivity index (χ4v) is 22.9. The molecular formula is C109H206O12. The smallest absolute Gasteiger partial charge is 0.303 e. The number of aliphatic carboxylic acids is 6. The summed E-state index contributed by atoms with van der Waals surface area (Å²) in [6, 6.07) is 0. The normalized spacial score (nSPS) is 20.1. The second-order valence-electron chi connectivity index (χ2n) is 40.0. The number of hydrogen-bond acceptors (Lipinski definition) is 6. The van der Waals surface area contributed by atoms with E-state index in [0.717, 1.165) is 148 Å². The fourth-order valence-electron chi connectivity index (χ4n) is 22.9. The van der Waals surface area contributed by atoms with E-state index in [1.807, 2.05) is 0 Å². The van der Waals surface area contributed by atoms with Gasteiger partial charge in [0.1, 0.15) is 0 Å². The van der Waals surface area contributed by atoms with E-state index < -0.39 is 35.8 Å². The van der Waals surface area contributed by atoms with Gasteiger partial charge in [0.15, 0.2) is 0 Å². The van der Waals surface area contributed by atoms with Crippen LogP contribution in [0.25, 0.3) is 0 Å². The molecule has 714 valence electrons. The van der Waals surface area contributed by atoms with Gasteiger partial charge < -0.3 is 30.6 Å². The maximum absolute atomic E-state index is 10.8. The summed E-state index contributed by atoms with van der Waals surface area (Å²) in [6.07, 6.45) is 105. The minimum atomic E-state index is -0.660. The van der Waals surface area contributed by atoms with Gasteiger partial charge in [-0.2, -0.15) is 0 Å². The second kappa shape index (κ2) is 84.9. The molecule has 12 heteroatoms. The van der Waals surface area contributed by atoms with Crippen molar-refractivity contribution in [3.8, 4) is 0 Å². The van der Waals surface area contributed by atoms with Crippen LogP contribution in [0.4, 0.5) is 0 Å². The first-order valence-corrected chi connectivity index (χ1v) is 54.3. The van der Waals surface area contributed by atoms with Crippen LogP contribution in [-0.4, -0.2) is 66.5 Å². The third-order valence-electron chi connectivity index (χ3n) is 29.9. The predicted molar refractivity (Wildman–Crippen MR) is 514 cm³/mol. The van der Waals surface area contributed by atoms with Gasteiger partial charge in [0, 0.05) is 38.5 Å². The molecule has 121 heavy (non-hydrogen) atoms. The first-order chi connectivity index (χ1) is 59.0. The summed E-state index contributed by atoms with van der Waals surface area (Å²) >= 11 is 0. The second-order valence-corrected chi connectivity index (χ2v) is 40.0. The quantitative estimate of drug-likeness (QED) is 0.0313. The Kier molecular flexibility index (Phi) is 81.3. The van der Waals surface area contributed by atoms with Crippen LogP contribution in [0.2, 0.25) is 0 Å². The third-order valence-corrected chi connectivity index (χ3v) is 29.9. The molecule has 0 radical (unpaired) electrons. The lowest BCUT2D eigenvalue weighted by molar-refractivity contribution is -0.138. The highest BCUT2D eigenvalue weighted by Gasteiger charge is 2.46. The van der Waals surface area contributed by atoms with Crippen molar-refractivity contribution in [3.63, 3.8) is 0 Å². The molecular weight excluding hydrogens is 1500 g/mol. The van der Waals surface area contributed by atoms with E-state index >= 15 is 0 Å². The number of rotatable bonds is 86. The lowest BCUT2D eigenvalue weighted by Crippen LogP contribution is -2.44. The Hall–Kier alpha value is -3.18. The molecule has 0 spiro atoms. The van der Waals surface area contributed by atoms with Crippen molar-refractivity contribution in [1.82, 2.24) is 0 Å². The van der Waals surface area contributed by atoms with Gasteiger partial charge >= 0.3 is 35.8 Å². The Bertz CT molecular complexity index is 2320. The van der Waals surface area contributed by atoms with Crippen molar-refractivity contribution < 1.29 is 59.4 Å². The SMILES string of the molecule is CCCCCC1CCC2C(CCCCCCCC(=O)O)C(CCCCCCCC(=O)O)CCC2C1CCCCC.CCCCCCCC1C(CCCCC)CCC(CCCCCCCCC(=O)O)C1CCCCCCCCC(=O)O.CCCCCCCCCC(CCCCCCCCC(=O)O)C(CCCCCCCC)CCCCCCCCC(=O)O. The molecule has 3 fully saturated rings. The Labute approximate surface area is 749 Å². The maximum Gasteiger partial charge on any atom is 0.303 e. The summed E-state index contributed by atoms with van der Waals surface area (Å²) in [7, 11) is 0. The van der Waals surface area contributed by atoms with E-state index in [1.54, 1.807) is 0 Å². The van der Waals surface area contributed by atoms with Crippen LogP contribution in [0.1, 0.15) is 587 Å². The molecule has 0 aromatic rings. The highest BCUT2D eigenvalue weighted by Crippen LogP contribution is 2.56. The monoisotopic (exact) mass is 1710 g/mol. The highest BCUT2D eigenvalue weighted by molar-refractivity contribution is 5.68. The number of unbranched alkanes of at least 4 members (excludes halogenated alkanes) is 49. The summed E-state index contributed by atoms with van der Waals surface area (Å²) in [5, 5.41) is 53.2. The molecule has 3 saturated carbocycles. The Balaban J connectivity index is 0.000000907. The van der Waals surface area contributed by atoms with E-state index in [2.05, 4.69) is 41.5 Å². The van der Waals surface area contributed by atoms with Crippen LogP contribution in [0, 0.1) is 71.0 Å². The molecule has 3 aliphatic rings. The van der Waals surface area contributed by atoms with Crippen LogP contribution >= 0.6 is 0 Å².